The second kappa shape index (κ2) is 43.3. The quantitative estimate of drug-likeness (QED) is 0.0153. The molecule has 0 aliphatic heterocycles. The minimum atomic E-state index is -4.41. The molecule has 2 unspecified atom stereocenters. The number of nitrogens with zero attached hydrogens (tertiary/aromatic N) is 1. The Morgan fingerprint density at radius 3 is 1.73 bits per heavy atom. The molecule has 0 aliphatic carbocycles. The van der Waals surface area contributed by atoms with Gasteiger partial charge in [0.05, 0.1) is 33.9 Å². The molecule has 3 atom stereocenters. The van der Waals surface area contributed by atoms with Crippen LogP contribution in [0.15, 0.2) is 72.9 Å². The van der Waals surface area contributed by atoms with Crippen LogP contribution >= 0.6 is 7.82 Å². The van der Waals surface area contributed by atoms with Crippen LogP contribution in [0.4, 0.5) is 0 Å². The summed E-state index contributed by atoms with van der Waals surface area (Å²) in [7, 11) is 1.40. The summed E-state index contributed by atoms with van der Waals surface area (Å²) < 4.78 is 34.3. The first-order chi connectivity index (χ1) is 30.4. The van der Waals surface area contributed by atoms with E-state index in [4.69, 9.17) is 18.5 Å². The molecule has 0 rings (SSSR count). The Morgan fingerprint density at radius 1 is 0.587 bits per heavy atom. The smallest absolute Gasteiger partial charge is 0.462 e. The Balaban J connectivity index is 4.40. The molecule has 0 radical (unpaired) electrons. The van der Waals surface area contributed by atoms with Crippen molar-refractivity contribution in [1.29, 1.82) is 0 Å². The van der Waals surface area contributed by atoms with Crippen LogP contribution in [-0.4, -0.2) is 86.1 Å². The van der Waals surface area contributed by atoms with Gasteiger partial charge in [-0.1, -0.05) is 177 Å². The van der Waals surface area contributed by atoms with Gasteiger partial charge in [-0.2, -0.15) is 0 Å². The van der Waals surface area contributed by atoms with Gasteiger partial charge in [0, 0.05) is 12.8 Å². The number of phosphoric ester groups is 1. The number of carbonyl (C=O) groups excluding carboxylic acids is 2. The van der Waals surface area contributed by atoms with Gasteiger partial charge in [0.2, 0.25) is 0 Å². The van der Waals surface area contributed by atoms with Gasteiger partial charge >= 0.3 is 19.8 Å². The molecule has 0 bridgehead atoms. The molecule has 0 saturated carbocycles. The van der Waals surface area contributed by atoms with Crippen molar-refractivity contribution in [3.63, 3.8) is 0 Å². The van der Waals surface area contributed by atoms with Crippen molar-refractivity contribution in [1.82, 2.24) is 0 Å². The summed E-state index contributed by atoms with van der Waals surface area (Å²) in [6.45, 7) is 4.15. The summed E-state index contributed by atoms with van der Waals surface area (Å²) in [5.74, 6) is -0.908. The molecule has 0 aliphatic rings. The largest absolute Gasteiger partial charge is 0.472 e. The Kier molecular flexibility index (Phi) is 41.5. The summed E-state index contributed by atoms with van der Waals surface area (Å²) >= 11 is 0. The fraction of sp³-hybridized carbons (Fsp3) is 0.731. The van der Waals surface area contributed by atoms with Gasteiger partial charge in [-0.15, -0.1) is 0 Å². The zero-order valence-corrected chi connectivity index (χ0v) is 41.5. The highest BCUT2D eigenvalue weighted by Gasteiger charge is 2.27. The van der Waals surface area contributed by atoms with E-state index in [0.717, 1.165) is 38.5 Å². The lowest BCUT2D eigenvalue weighted by Crippen LogP contribution is -2.37. The first-order valence-corrected chi connectivity index (χ1v) is 26.3. The molecule has 0 aromatic heterocycles. The summed E-state index contributed by atoms with van der Waals surface area (Å²) in [5.41, 5.74) is 0. The second-order valence-corrected chi connectivity index (χ2v) is 19.1. The third-order valence-electron chi connectivity index (χ3n) is 10.3. The number of likely N-dealkylation sites (N-methyl/N-ethyl adjacent to an activating group) is 1. The summed E-state index contributed by atoms with van der Waals surface area (Å²) in [5, 5.41) is 10.0. The highest BCUT2D eigenvalue weighted by molar-refractivity contribution is 7.47. The van der Waals surface area contributed by atoms with Crippen molar-refractivity contribution in [3.05, 3.63) is 72.9 Å². The van der Waals surface area contributed by atoms with Crippen LogP contribution in [0.2, 0.25) is 0 Å². The SMILES string of the molecule is CC/C=C\C/C=C\CC(O)/C=C/C=C\C/C=C\CCCC(=O)OC[C@H](COP(=O)(O)OCC[N+](C)(C)C)OC(=O)CCCCCCCCCCCCC/C=C\CCCCCCCC. The van der Waals surface area contributed by atoms with Crippen molar-refractivity contribution in [2.45, 2.75) is 199 Å². The molecule has 63 heavy (non-hydrogen) atoms. The number of phosphoric acid groups is 1. The number of aliphatic hydroxyl groups excluding tert-OH is 1. The maximum absolute atomic E-state index is 12.7. The van der Waals surface area contributed by atoms with Crippen molar-refractivity contribution >= 4 is 19.8 Å². The third kappa shape index (κ3) is 47.2. The Labute approximate surface area is 385 Å². The lowest BCUT2D eigenvalue weighted by Gasteiger charge is -2.24. The van der Waals surface area contributed by atoms with E-state index in [-0.39, 0.29) is 26.1 Å². The van der Waals surface area contributed by atoms with Gasteiger partial charge in [-0.3, -0.25) is 18.6 Å². The standard InChI is InChI=1S/C52H92NO9P/c1-6-8-10-12-14-15-16-17-18-19-20-21-22-23-24-25-26-27-32-36-40-44-52(56)62-50(48-61-63(57,58)60-46-45-53(3,4)5)47-59-51(55)43-39-35-31-29-28-30-34-38-42-49(54)41-37-33-13-11-9-7-2/h9,11,17-18,29-31,33-34,37-38,42,49-50,54H,6-8,10,12-16,19-28,32,35-36,39-41,43-48H2,1-5H3/p+1/b11-9-,18-17-,31-29-,34-30-,37-33-,42-38+/t49?,50-/m1/s1. The topological polar surface area (TPSA) is 129 Å². The van der Waals surface area contributed by atoms with Crippen LogP contribution in [0.25, 0.3) is 0 Å². The van der Waals surface area contributed by atoms with Crippen LogP contribution in [0, 0.1) is 0 Å². The average molecular weight is 907 g/mol. The molecule has 10 nitrogen and oxygen atoms in total. The van der Waals surface area contributed by atoms with Crippen molar-refractivity contribution < 1.29 is 47.2 Å². The van der Waals surface area contributed by atoms with Gasteiger partial charge < -0.3 is 24.0 Å². The normalized spacial score (nSPS) is 14.6. The molecule has 0 fully saturated rings. The molecule has 0 spiro atoms. The van der Waals surface area contributed by atoms with E-state index >= 15 is 0 Å². The number of ether oxygens (including phenoxy) is 2. The van der Waals surface area contributed by atoms with E-state index in [1.807, 2.05) is 57.6 Å². The molecule has 2 N–H and O–H groups in total. The maximum atomic E-state index is 12.7. The summed E-state index contributed by atoms with van der Waals surface area (Å²) in [6.07, 6.45) is 51.3. The van der Waals surface area contributed by atoms with E-state index in [1.54, 1.807) is 6.08 Å². The highest BCUT2D eigenvalue weighted by atomic mass is 31.2. The molecular weight excluding hydrogens is 814 g/mol. The Hall–Kier alpha value is -2.59. The number of hydrogen-bond donors (Lipinski definition) is 2. The number of unbranched alkanes of at least 4 members (excludes halogenated alkanes) is 18. The predicted octanol–water partition coefficient (Wildman–Crippen LogP) is 13.6. The van der Waals surface area contributed by atoms with E-state index in [0.29, 0.717) is 36.7 Å². The van der Waals surface area contributed by atoms with Gasteiger partial charge in [-0.25, -0.2) is 4.57 Å². The first-order valence-electron chi connectivity index (χ1n) is 24.8. The number of hydrogen-bond acceptors (Lipinski definition) is 8. The second-order valence-electron chi connectivity index (χ2n) is 17.7. The average Bonchev–Trinajstić information content (AvgIpc) is 3.23. The van der Waals surface area contributed by atoms with Gasteiger partial charge in [0.15, 0.2) is 6.10 Å². The molecule has 0 heterocycles. The van der Waals surface area contributed by atoms with Crippen molar-refractivity contribution in [3.8, 4) is 0 Å². The zero-order chi connectivity index (χ0) is 46.5. The predicted molar refractivity (Wildman–Crippen MR) is 262 cm³/mol. The third-order valence-corrected chi connectivity index (χ3v) is 11.3. The van der Waals surface area contributed by atoms with E-state index in [1.165, 1.54) is 96.3 Å². The fourth-order valence-electron chi connectivity index (χ4n) is 6.42. The van der Waals surface area contributed by atoms with Crippen LogP contribution in [0.3, 0.4) is 0 Å². The fourth-order valence-corrected chi connectivity index (χ4v) is 7.16. The van der Waals surface area contributed by atoms with Gasteiger partial charge in [0.25, 0.3) is 0 Å². The number of aliphatic hydroxyl groups is 1. The molecule has 0 amide bonds. The van der Waals surface area contributed by atoms with Gasteiger partial charge in [-0.05, 0) is 70.6 Å². The number of quaternary nitrogens is 1. The van der Waals surface area contributed by atoms with E-state index in [9.17, 15) is 24.2 Å². The summed E-state index contributed by atoms with van der Waals surface area (Å²) in [6, 6.07) is 0. The maximum Gasteiger partial charge on any atom is 0.472 e. The molecule has 0 aromatic carbocycles. The van der Waals surface area contributed by atoms with Crippen molar-refractivity contribution in [2.24, 2.45) is 0 Å². The monoisotopic (exact) mass is 907 g/mol. The Morgan fingerprint density at radius 2 is 1.11 bits per heavy atom. The van der Waals surface area contributed by atoms with Crippen LogP contribution in [0.5, 0.6) is 0 Å². The van der Waals surface area contributed by atoms with Crippen molar-refractivity contribution in [2.75, 3.05) is 47.5 Å². The number of allylic oxidation sites excluding steroid dienone is 10. The summed E-state index contributed by atoms with van der Waals surface area (Å²) in [4.78, 5) is 35.5. The molecule has 0 saturated heterocycles. The highest BCUT2D eigenvalue weighted by Crippen LogP contribution is 2.43. The minimum absolute atomic E-state index is 0.00985. The zero-order valence-electron chi connectivity index (χ0n) is 40.6. The van der Waals surface area contributed by atoms with E-state index < -0.39 is 38.6 Å². The molecule has 11 heteroatoms. The van der Waals surface area contributed by atoms with Crippen LogP contribution < -0.4 is 0 Å². The first kappa shape index (κ1) is 60.4. The minimum Gasteiger partial charge on any atom is -0.462 e. The molecular formula is C52H93NO9P+. The lowest BCUT2D eigenvalue weighted by molar-refractivity contribution is -0.870. The van der Waals surface area contributed by atoms with Crippen LogP contribution in [0.1, 0.15) is 187 Å². The van der Waals surface area contributed by atoms with E-state index in [2.05, 4.69) is 44.2 Å². The Bertz CT molecular complexity index is 1320. The number of carbonyl (C=O) groups is 2. The van der Waals surface area contributed by atoms with Crippen LogP contribution in [-0.2, 0) is 32.7 Å². The number of esters is 2. The number of rotatable bonds is 44. The van der Waals surface area contributed by atoms with Gasteiger partial charge in [0.1, 0.15) is 19.8 Å². The molecule has 364 valence electrons. The molecule has 0 aromatic rings. The lowest BCUT2D eigenvalue weighted by atomic mass is 10.0.